The van der Waals surface area contributed by atoms with Crippen molar-refractivity contribution in [1.29, 1.82) is 0 Å². The molecule has 0 aliphatic heterocycles. The molecule has 0 saturated carbocycles. The Morgan fingerprint density at radius 3 is 2.50 bits per heavy atom. The molecule has 0 atom stereocenters. The second-order valence-electron chi connectivity index (χ2n) is 4.51. The lowest BCUT2D eigenvalue weighted by Crippen LogP contribution is -2.15. The molecule has 3 N–H and O–H groups in total. The van der Waals surface area contributed by atoms with Crippen molar-refractivity contribution in [3.05, 3.63) is 33.9 Å². The average Bonchev–Trinajstić information content (AvgIpc) is 2.57. The van der Waals surface area contributed by atoms with Crippen molar-refractivity contribution in [2.24, 2.45) is 7.05 Å². The summed E-state index contributed by atoms with van der Waals surface area (Å²) in [5, 5.41) is 3.92. The summed E-state index contributed by atoms with van der Waals surface area (Å²) >= 11 is 3.34. The zero-order valence-electron chi connectivity index (χ0n) is 11.3. The van der Waals surface area contributed by atoms with Gasteiger partial charge in [0.2, 0.25) is 0 Å². The number of aromatic nitrogens is 2. The number of nitrogens with zero attached hydrogens (tertiary/aromatic N) is 2. The molecule has 0 aliphatic carbocycles. The van der Waals surface area contributed by atoms with Crippen LogP contribution in [-0.2, 0) is 17.1 Å². The molecule has 0 bridgehead atoms. The van der Waals surface area contributed by atoms with Gasteiger partial charge >= 0.3 is 0 Å². The summed E-state index contributed by atoms with van der Waals surface area (Å²) < 4.78 is 29.5. The van der Waals surface area contributed by atoms with Crippen molar-refractivity contribution < 1.29 is 8.42 Å². The number of nitrogens with one attached hydrogen (secondary N) is 1. The van der Waals surface area contributed by atoms with Crippen molar-refractivity contribution in [3.63, 3.8) is 0 Å². The fourth-order valence-electron chi connectivity index (χ4n) is 1.85. The van der Waals surface area contributed by atoms with Gasteiger partial charge in [0.05, 0.1) is 11.4 Å². The maximum absolute atomic E-state index is 12.4. The quantitative estimate of drug-likeness (QED) is 0.879. The van der Waals surface area contributed by atoms with Crippen LogP contribution in [0.5, 0.6) is 0 Å². The smallest absolute Gasteiger partial charge is 0.267 e. The Bertz CT molecular complexity index is 768. The van der Waals surface area contributed by atoms with E-state index in [1.807, 2.05) is 19.1 Å². The number of aryl methyl sites for hydroxylation is 2. The van der Waals surface area contributed by atoms with E-state index in [4.69, 9.17) is 5.73 Å². The second-order valence-corrected chi connectivity index (χ2v) is 6.99. The molecule has 2 rings (SSSR count). The van der Waals surface area contributed by atoms with Gasteiger partial charge in [0.1, 0.15) is 0 Å². The van der Waals surface area contributed by atoms with Crippen LogP contribution in [0, 0.1) is 13.8 Å². The summed E-state index contributed by atoms with van der Waals surface area (Å²) in [6, 6.07) is 5.35. The van der Waals surface area contributed by atoms with Crippen molar-refractivity contribution >= 4 is 37.5 Å². The summed E-state index contributed by atoms with van der Waals surface area (Å²) in [7, 11) is -2.13. The Hall–Kier alpha value is -1.54. The van der Waals surface area contributed by atoms with Crippen LogP contribution in [0.4, 0.5) is 11.5 Å². The number of nitrogens with two attached hydrogens (primary N) is 1. The van der Waals surface area contributed by atoms with Gasteiger partial charge < -0.3 is 5.73 Å². The summed E-state index contributed by atoms with van der Waals surface area (Å²) in [5.74, 6) is -0.0132. The van der Waals surface area contributed by atoms with E-state index in [1.54, 1.807) is 20.0 Å². The molecule has 1 heterocycles. The summed E-state index contributed by atoms with van der Waals surface area (Å²) in [6.07, 6.45) is 0. The van der Waals surface area contributed by atoms with Crippen LogP contribution in [0.15, 0.2) is 27.6 Å². The third kappa shape index (κ3) is 2.66. The van der Waals surface area contributed by atoms with Crippen molar-refractivity contribution in [3.8, 4) is 0 Å². The van der Waals surface area contributed by atoms with Crippen LogP contribution in [0.25, 0.3) is 0 Å². The minimum atomic E-state index is -3.78. The van der Waals surface area contributed by atoms with Crippen molar-refractivity contribution in [2.45, 2.75) is 18.7 Å². The number of benzene rings is 1. The number of anilines is 2. The molecule has 0 saturated heterocycles. The molecule has 108 valence electrons. The number of hydrogen-bond donors (Lipinski definition) is 2. The highest BCUT2D eigenvalue weighted by Crippen LogP contribution is 2.28. The molecule has 8 heteroatoms. The van der Waals surface area contributed by atoms with Gasteiger partial charge in [-0.15, -0.1) is 0 Å². The lowest BCUT2D eigenvalue weighted by molar-refractivity contribution is 0.600. The average molecular weight is 359 g/mol. The monoisotopic (exact) mass is 358 g/mol. The molecule has 2 aromatic rings. The Kier molecular flexibility index (Phi) is 3.79. The van der Waals surface area contributed by atoms with Gasteiger partial charge in [-0.2, -0.15) is 5.10 Å². The maximum atomic E-state index is 12.4. The number of rotatable bonds is 3. The van der Waals surface area contributed by atoms with E-state index in [1.165, 1.54) is 4.68 Å². The summed E-state index contributed by atoms with van der Waals surface area (Å²) in [4.78, 5) is 0.00692. The highest BCUT2D eigenvalue weighted by atomic mass is 79.9. The molecule has 6 nitrogen and oxygen atoms in total. The molecule has 0 aliphatic rings. The van der Waals surface area contributed by atoms with Gasteiger partial charge in [0, 0.05) is 11.5 Å². The molecule has 0 fully saturated rings. The molecule has 0 amide bonds. The lowest BCUT2D eigenvalue weighted by atomic mass is 10.2. The Balaban J connectivity index is 2.46. The van der Waals surface area contributed by atoms with E-state index in [2.05, 4.69) is 25.8 Å². The van der Waals surface area contributed by atoms with E-state index < -0.39 is 10.0 Å². The normalized spacial score (nSPS) is 11.6. The van der Waals surface area contributed by atoms with Gasteiger partial charge in [-0.1, -0.05) is 6.07 Å². The predicted octanol–water partition coefficient (Wildman–Crippen LogP) is 2.18. The van der Waals surface area contributed by atoms with Crippen LogP contribution < -0.4 is 10.5 Å². The van der Waals surface area contributed by atoms with Gasteiger partial charge in [-0.05, 0) is 47.5 Å². The fourth-order valence-corrected chi connectivity index (χ4v) is 3.98. The van der Waals surface area contributed by atoms with E-state index in [9.17, 15) is 8.42 Å². The van der Waals surface area contributed by atoms with E-state index in [-0.39, 0.29) is 10.7 Å². The number of sulfonamides is 1. The zero-order chi connectivity index (χ0) is 15.1. The minimum Gasteiger partial charge on any atom is -0.381 e. The van der Waals surface area contributed by atoms with Crippen molar-refractivity contribution in [2.75, 3.05) is 10.5 Å². The Labute approximate surface area is 126 Å². The van der Waals surface area contributed by atoms with Crippen LogP contribution in [-0.4, -0.2) is 18.2 Å². The van der Waals surface area contributed by atoms with E-state index in [0.717, 1.165) is 5.56 Å². The third-order valence-electron chi connectivity index (χ3n) is 2.94. The van der Waals surface area contributed by atoms with Gasteiger partial charge in [-0.3, -0.25) is 9.40 Å². The first-order valence-corrected chi connectivity index (χ1v) is 8.08. The molecular weight excluding hydrogens is 344 g/mol. The fraction of sp³-hybridized carbons (Fsp3) is 0.250. The number of halogens is 1. The SMILES string of the molecule is Cc1ccc(NS(=O)(=O)c2c(N)nn(C)c2C)c(Br)c1. The minimum absolute atomic E-state index is 0.00692. The topological polar surface area (TPSA) is 90.0 Å². The van der Waals surface area contributed by atoms with Gasteiger partial charge in [0.25, 0.3) is 10.0 Å². The first-order valence-electron chi connectivity index (χ1n) is 5.80. The highest BCUT2D eigenvalue weighted by Gasteiger charge is 2.25. The first kappa shape index (κ1) is 14.9. The molecule has 1 aromatic heterocycles. The van der Waals surface area contributed by atoms with E-state index >= 15 is 0 Å². The lowest BCUT2D eigenvalue weighted by Gasteiger charge is -2.10. The largest absolute Gasteiger partial charge is 0.381 e. The molecule has 1 aromatic carbocycles. The molecule has 0 spiro atoms. The standard InChI is InChI=1S/C12H15BrN4O2S/c1-7-4-5-10(9(13)6-7)16-20(18,19)11-8(2)17(3)15-12(11)14/h4-6,16H,1-3H3,(H2,14,15). The van der Waals surface area contributed by atoms with Crippen LogP contribution in [0.2, 0.25) is 0 Å². The maximum Gasteiger partial charge on any atom is 0.267 e. The summed E-state index contributed by atoms with van der Waals surface area (Å²) in [6.45, 7) is 3.58. The van der Waals surface area contributed by atoms with Gasteiger partial charge in [-0.25, -0.2) is 8.42 Å². The zero-order valence-corrected chi connectivity index (χ0v) is 13.7. The Morgan fingerprint density at radius 1 is 1.35 bits per heavy atom. The first-order chi connectivity index (χ1) is 9.22. The van der Waals surface area contributed by atoms with Crippen LogP contribution in [0.3, 0.4) is 0 Å². The van der Waals surface area contributed by atoms with Crippen LogP contribution >= 0.6 is 15.9 Å². The molecule has 0 radical (unpaired) electrons. The molecule has 20 heavy (non-hydrogen) atoms. The van der Waals surface area contributed by atoms with E-state index in [0.29, 0.717) is 15.9 Å². The number of hydrogen-bond acceptors (Lipinski definition) is 4. The second kappa shape index (κ2) is 5.10. The van der Waals surface area contributed by atoms with Crippen molar-refractivity contribution in [1.82, 2.24) is 9.78 Å². The third-order valence-corrected chi connectivity index (χ3v) is 5.13. The van der Waals surface area contributed by atoms with Gasteiger partial charge in [0.15, 0.2) is 10.7 Å². The molecular formula is C12H15BrN4O2S. The van der Waals surface area contributed by atoms with Crippen LogP contribution in [0.1, 0.15) is 11.3 Å². The Morgan fingerprint density at radius 2 is 2.00 bits per heavy atom. The predicted molar refractivity (Wildman–Crippen MR) is 82.0 cm³/mol. The summed E-state index contributed by atoms with van der Waals surface area (Å²) in [5.41, 5.74) is 7.65. The highest BCUT2D eigenvalue weighted by molar-refractivity contribution is 9.10. The molecule has 0 unspecified atom stereocenters. The number of nitrogen functional groups attached to an aromatic ring is 1.